The quantitative estimate of drug-likeness (QED) is 0.855. The Labute approximate surface area is 119 Å². The van der Waals surface area contributed by atoms with Crippen LogP contribution >= 0.6 is 0 Å². The minimum Gasteiger partial charge on any atom is -0.465 e. The monoisotopic (exact) mass is 272 g/mol. The van der Waals surface area contributed by atoms with Gasteiger partial charge in [0.15, 0.2) is 0 Å². The normalized spacial score (nSPS) is 14.5. The van der Waals surface area contributed by atoms with Crippen LogP contribution in [0.3, 0.4) is 0 Å². The van der Waals surface area contributed by atoms with Gasteiger partial charge < -0.3 is 4.74 Å². The van der Waals surface area contributed by atoms with Crippen molar-refractivity contribution in [1.82, 2.24) is 10.4 Å². The molecule has 0 spiro atoms. The number of nitrogens with zero attached hydrogens (tertiary/aromatic N) is 1. The lowest BCUT2D eigenvalue weighted by molar-refractivity contribution is -0.135. The SMILES string of the molecule is COC(=O)C1=CN(CC(C)C)NC(c2ccccc2)=C1. The van der Waals surface area contributed by atoms with Gasteiger partial charge in [0.05, 0.1) is 18.4 Å². The Balaban J connectivity index is 2.30. The number of benzene rings is 1. The molecule has 106 valence electrons. The van der Waals surface area contributed by atoms with E-state index in [-0.39, 0.29) is 5.97 Å². The minimum atomic E-state index is -0.325. The van der Waals surface area contributed by atoms with E-state index in [9.17, 15) is 4.79 Å². The second kappa shape index (κ2) is 6.28. The molecule has 1 aliphatic heterocycles. The van der Waals surface area contributed by atoms with Crippen molar-refractivity contribution in [2.75, 3.05) is 13.7 Å². The fraction of sp³-hybridized carbons (Fsp3) is 0.312. The topological polar surface area (TPSA) is 41.6 Å². The van der Waals surface area contributed by atoms with Gasteiger partial charge in [-0.1, -0.05) is 44.2 Å². The van der Waals surface area contributed by atoms with Gasteiger partial charge >= 0.3 is 5.97 Å². The molecule has 1 aromatic rings. The average Bonchev–Trinajstić information content (AvgIpc) is 2.46. The maximum atomic E-state index is 11.8. The van der Waals surface area contributed by atoms with Crippen LogP contribution in [0.5, 0.6) is 0 Å². The average molecular weight is 272 g/mol. The molecule has 0 saturated heterocycles. The van der Waals surface area contributed by atoms with E-state index in [1.165, 1.54) is 7.11 Å². The van der Waals surface area contributed by atoms with E-state index in [2.05, 4.69) is 19.3 Å². The maximum Gasteiger partial charge on any atom is 0.339 e. The van der Waals surface area contributed by atoms with Crippen molar-refractivity contribution in [3.05, 3.63) is 53.7 Å². The van der Waals surface area contributed by atoms with Gasteiger partial charge in [0.25, 0.3) is 0 Å². The number of rotatable bonds is 4. The molecule has 0 amide bonds. The van der Waals surface area contributed by atoms with Crippen molar-refractivity contribution in [2.45, 2.75) is 13.8 Å². The molecule has 1 N–H and O–H groups in total. The van der Waals surface area contributed by atoms with Crippen molar-refractivity contribution >= 4 is 11.7 Å². The first-order valence-electron chi connectivity index (χ1n) is 6.70. The molecule has 0 bridgehead atoms. The van der Waals surface area contributed by atoms with Gasteiger partial charge in [-0.05, 0) is 17.6 Å². The third-order valence-corrected chi connectivity index (χ3v) is 2.93. The van der Waals surface area contributed by atoms with E-state index in [0.717, 1.165) is 17.8 Å². The molecule has 1 heterocycles. The second-order valence-electron chi connectivity index (χ2n) is 5.16. The second-order valence-corrected chi connectivity index (χ2v) is 5.16. The van der Waals surface area contributed by atoms with E-state index in [1.54, 1.807) is 6.20 Å². The number of hydrazine groups is 1. The van der Waals surface area contributed by atoms with Crippen LogP contribution in [0.4, 0.5) is 0 Å². The number of carbonyl (C=O) groups excluding carboxylic acids is 1. The molecular weight excluding hydrogens is 252 g/mol. The zero-order chi connectivity index (χ0) is 14.5. The number of hydrogen-bond acceptors (Lipinski definition) is 4. The van der Waals surface area contributed by atoms with E-state index in [4.69, 9.17) is 4.74 Å². The Morgan fingerprint density at radius 1 is 1.30 bits per heavy atom. The first kappa shape index (κ1) is 14.2. The first-order chi connectivity index (χ1) is 9.60. The highest BCUT2D eigenvalue weighted by molar-refractivity contribution is 5.94. The number of esters is 1. The summed E-state index contributed by atoms with van der Waals surface area (Å²) in [5.41, 5.74) is 5.80. The van der Waals surface area contributed by atoms with Crippen LogP contribution in [0.15, 0.2) is 48.2 Å². The fourth-order valence-electron chi connectivity index (χ4n) is 2.07. The molecule has 0 aromatic heterocycles. The van der Waals surface area contributed by atoms with Gasteiger partial charge in [-0.15, -0.1) is 0 Å². The van der Waals surface area contributed by atoms with Gasteiger partial charge in [0, 0.05) is 12.7 Å². The molecule has 0 atom stereocenters. The molecule has 2 rings (SSSR count). The summed E-state index contributed by atoms with van der Waals surface area (Å²) in [6.45, 7) is 5.08. The Morgan fingerprint density at radius 2 is 2.00 bits per heavy atom. The van der Waals surface area contributed by atoms with Gasteiger partial charge in [-0.3, -0.25) is 10.4 Å². The molecule has 0 fully saturated rings. The molecule has 0 aliphatic carbocycles. The molecule has 0 saturated carbocycles. The lowest BCUT2D eigenvalue weighted by Gasteiger charge is -2.30. The van der Waals surface area contributed by atoms with Crippen molar-refractivity contribution in [3.63, 3.8) is 0 Å². The van der Waals surface area contributed by atoms with E-state index < -0.39 is 0 Å². The maximum absolute atomic E-state index is 11.8. The van der Waals surface area contributed by atoms with Crippen LogP contribution in [0.2, 0.25) is 0 Å². The molecule has 4 heteroatoms. The third-order valence-electron chi connectivity index (χ3n) is 2.93. The standard InChI is InChI=1S/C16H20N2O2/c1-12(2)10-18-11-14(16(19)20-3)9-15(17-18)13-7-5-4-6-8-13/h4-9,11-12,17H,10H2,1-3H3. The molecule has 4 nitrogen and oxygen atoms in total. The van der Waals surface area contributed by atoms with Crippen molar-refractivity contribution < 1.29 is 9.53 Å². The predicted molar refractivity (Wildman–Crippen MR) is 79.2 cm³/mol. The Bertz CT molecular complexity index is 533. The Hall–Kier alpha value is -2.23. The summed E-state index contributed by atoms with van der Waals surface area (Å²) in [4.78, 5) is 11.8. The van der Waals surface area contributed by atoms with Crippen molar-refractivity contribution in [2.24, 2.45) is 5.92 Å². The summed E-state index contributed by atoms with van der Waals surface area (Å²) < 4.78 is 4.82. The Kier molecular flexibility index (Phi) is 4.45. The van der Waals surface area contributed by atoms with Gasteiger partial charge in [-0.25, -0.2) is 4.79 Å². The van der Waals surface area contributed by atoms with Crippen molar-refractivity contribution in [1.29, 1.82) is 0 Å². The molecule has 1 aliphatic rings. The molecule has 0 unspecified atom stereocenters. The van der Waals surface area contributed by atoms with Crippen LogP contribution < -0.4 is 5.43 Å². The van der Waals surface area contributed by atoms with Crippen LogP contribution in [-0.2, 0) is 9.53 Å². The van der Waals surface area contributed by atoms with Crippen LogP contribution in [-0.4, -0.2) is 24.6 Å². The zero-order valence-electron chi connectivity index (χ0n) is 12.1. The molecular formula is C16H20N2O2. The highest BCUT2D eigenvalue weighted by atomic mass is 16.5. The summed E-state index contributed by atoms with van der Waals surface area (Å²) in [6.07, 6.45) is 3.61. The minimum absolute atomic E-state index is 0.325. The Morgan fingerprint density at radius 3 is 2.60 bits per heavy atom. The van der Waals surface area contributed by atoms with Crippen LogP contribution in [0.25, 0.3) is 5.70 Å². The van der Waals surface area contributed by atoms with Gasteiger partial charge in [0.1, 0.15) is 0 Å². The number of carbonyl (C=O) groups is 1. The summed E-state index contributed by atoms with van der Waals surface area (Å²) in [5.74, 6) is 0.154. The summed E-state index contributed by atoms with van der Waals surface area (Å²) in [6, 6.07) is 9.93. The fourth-order valence-corrected chi connectivity index (χ4v) is 2.07. The van der Waals surface area contributed by atoms with Crippen LogP contribution in [0, 0.1) is 5.92 Å². The summed E-state index contributed by atoms with van der Waals surface area (Å²) >= 11 is 0. The van der Waals surface area contributed by atoms with Crippen LogP contribution in [0.1, 0.15) is 19.4 Å². The number of ether oxygens (including phenoxy) is 1. The van der Waals surface area contributed by atoms with E-state index in [1.807, 2.05) is 41.4 Å². The molecule has 0 radical (unpaired) electrons. The van der Waals surface area contributed by atoms with E-state index >= 15 is 0 Å². The smallest absolute Gasteiger partial charge is 0.339 e. The first-order valence-corrected chi connectivity index (χ1v) is 6.70. The van der Waals surface area contributed by atoms with Gasteiger partial charge in [-0.2, -0.15) is 0 Å². The highest BCUT2D eigenvalue weighted by Crippen LogP contribution is 2.20. The summed E-state index contributed by atoms with van der Waals surface area (Å²) in [7, 11) is 1.40. The lowest BCUT2D eigenvalue weighted by atomic mass is 10.1. The lowest BCUT2D eigenvalue weighted by Crippen LogP contribution is -2.38. The number of hydrogen-bond donors (Lipinski definition) is 1. The third kappa shape index (κ3) is 3.41. The summed E-state index contributed by atoms with van der Waals surface area (Å²) in [5, 5.41) is 1.93. The van der Waals surface area contributed by atoms with Gasteiger partial charge in [0.2, 0.25) is 0 Å². The zero-order valence-corrected chi connectivity index (χ0v) is 12.1. The van der Waals surface area contributed by atoms with E-state index in [0.29, 0.717) is 11.5 Å². The van der Waals surface area contributed by atoms with Crippen molar-refractivity contribution in [3.8, 4) is 0 Å². The largest absolute Gasteiger partial charge is 0.465 e. The predicted octanol–water partition coefficient (Wildman–Crippen LogP) is 2.56. The number of methoxy groups -OCH3 is 1. The number of nitrogens with one attached hydrogen (secondary N) is 1. The highest BCUT2D eigenvalue weighted by Gasteiger charge is 2.18. The molecule has 1 aromatic carbocycles. The molecule has 20 heavy (non-hydrogen) atoms.